The highest BCUT2D eigenvalue weighted by atomic mass is 32.1. The van der Waals surface area contributed by atoms with E-state index >= 15 is 0 Å². The molecule has 1 saturated heterocycles. The number of rotatable bonds is 4. The maximum absolute atomic E-state index is 4.46. The second-order valence-corrected chi connectivity index (χ2v) is 7.98. The van der Waals surface area contributed by atoms with Gasteiger partial charge in [0.2, 0.25) is 0 Å². The SMILES string of the molecule is c1nc(NC2CCN(CC3CCCCC3)CC2)c2ccsc2n1. The largest absolute Gasteiger partial charge is 0.367 e. The smallest absolute Gasteiger partial charge is 0.138 e. The lowest BCUT2D eigenvalue weighted by molar-refractivity contribution is 0.168. The summed E-state index contributed by atoms with van der Waals surface area (Å²) in [5.74, 6) is 1.97. The summed E-state index contributed by atoms with van der Waals surface area (Å²) in [5, 5.41) is 6.93. The van der Waals surface area contributed by atoms with Crippen molar-refractivity contribution in [2.75, 3.05) is 25.0 Å². The third-order valence-corrected chi connectivity index (χ3v) is 6.25. The van der Waals surface area contributed by atoms with Gasteiger partial charge in [-0.1, -0.05) is 19.3 Å². The fraction of sp³-hybridized carbons (Fsp3) is 0.667. The van der Waals surface area contributed by atoms with Gasteiger partial charge in [0.05, 0.1) is 5.39 Å². The predicted octanol–water partition coefficient (Wildman–Crippen LogP) is 4.15. The van der Waals surface area contributed by atoms with Crippen LogP contribution < -0.4 is 5.32 Å². The molecule has 0 atom stereocenters. The molecule has 0 radical (unpaired) electrons. The first-order chi connectivity index (χ1) is 11.4. The van der Waals surface area contributed by atoms with Crippen molar-refractivity contribution < 1.29 is 0 Å². The zero-order chi connectivity index (χ0) is 15.5. The Bertz CT molecular complexity index is 627. The molecular formula is C18H26N4S. The van der Waals surface area contributed by atoms with Gasteiger partial charge in [-0.05, 0) is 43.0 Å². The summed E-state index contributed by atoms with van der Waals surface area (Å²) in [7, 11) is 0. The molecule has 0 unspecified atom stereocenters. The molecule has 4 rings (SSSR count). The Morgan fingerprint density at radius 2 is 1.91 bits per heavy atom. The van der Waals surface area contributed by atoms with Crippen LogP contribution in [0.4, 0.5) is 5.82 Å². The number of thiophene rings is 1. The van der Waals surface area contributed by atoms with Gasteiger partial charge in [-0.15, -0.1) is 11.3 Å². The van der Waals surface area contributed by atoms with Gasteiger partial charge >= 0.3 is 0 Å². The lowest BCUT2D eigenvalue weighted by Gasteiger charge is -2.35. The molecular weight excluding hydrogens is 304 g/mol. The first kappa shape index (κ1) is 15.3. The molecule has 2 aromatic heterocycles. The van der Waals surface area contributed by atoms with Crippen molar-refractivity contribution in [1.29, 1.82) is 0 Å². The molecule has 1 saturated carbocycles. The maximum Gasteiger partial charge on any atom is 0.138 e. The van der Waals surface area contributed by atoms with Gasteiger partial charge in [0.25, 0.3) is 0 Å². The Morgan fingerprint density at radius 1 is 1.09 bits per heavy atom. The van der Waals surface area contributed by atoms with Crippen molar-refractivity contribution in [2.45, 2.75) is 51.0 Å². The third-order valence-electron chi connectivity index (χ3n) is 5.43. The summed E-state index contributed by atoms with van der Waals surface area (Å²) in [6, 6.07) is 2.68. The van der Waals surface area contributed by atoms with E-state index in [0.717, 1.165) is 16.6 Å². The molecule has 2 aromatic rings. The predicted molar refractivity (Wildman–Crippen MR) is 97.1 cm³/mol. The second-order valence-electron chi connectivity index (χ2n) is 7.08. The minimum absolute atomic E-state index is 0.551. The van der Waals surface area contributed by atoms with Gasteiger partial charge in [0.1, 0.15) is 17.0 Å². The summed E-state index contributed by atoms with van der Waals surface area (Å²) in [4.78, 5) is 12.6. The van der Waals surface area contributed by atoms with Gasteiger partial charge in [-0.25, -0.2) is 9.97 Å². The van der Waals surface area contributed by atoms with Crippen molar-refractivity contribution in [3.05, 3.63) is 17.8 Å². The van der Waals surface area contributed by atoms with E-state index in [0.29, 0.717) is 6.04 Å². The molecule has 2 fully saturated rings. The van der Waals surface area contributed by atoms with Crippen molar-refractivity contribution in [3.8, 4) is 0 Å². The molecule has 0 bridgehead atoms. The molecule has 0 spiro atoms. The number of likely N-dealkylation sites (tertiary alicyclic amines) is 1. The van der Waals surface area contributed by atoms with Crippen LogP contribution in [0.1, 0.15) is 44.9 Å². The first-order valence-corrected chi connectivity index (χ1v) is 9.93. The minimum atomic E-state index is 0.551. The average molecular weight is 331 g/mol. The van der Waals surface area contributed by atoms with Crippen molar-refractivity contribution in [2.24, 2.45) is 5.92 Å². The lowest BCUT2D eigenvalue weighted by Crippen LogP contribution is -2.41. The number of fused-ring (bicyclic) bond motifs is 1. The van der Waals surface area contributed by atoms with Crippen LogP contribution >= 0.6 is 11.3 Å². The Balaban J connectivity index is 1.30. The highest BCUT2D eigenvalue weighted by Gasteiger charge is 2.23. The van der Waals surface area contributed by atoms with E-state index in [1.165, 1.54) is 70.0 Å². The van der Waals surface area contributed by atoms with Crippen LogP contribution in [-0.2, 0) is 0 Å². The van der Waals surface area contributed by atoms with Gasteiger partial charge in [0, 0.05) is 25.7 Å². The van der Waals surface area contributed by atoms with Crippen LogP contribution in [0.15, 0.2) is 17.8 Å². The topological polar surface area (TPSA) is 41.1 Å². The van der Waals surface area contributed by atoms with Crippen molar-refractivity contribution in [1.82, 2.24) is 14.9 Å². The van der Waals surface area contributed by atoms with E-state index < -0.39 is 0 Å². The van der Waals surface area contributed by atoms with Crippen LogP contribution in [0.2, 0.25) is 0 Å². The van der Waals surface area contributed by atoms with E-state index in [1.54, 1.807) is 17.7 Å². The van der Waals surface area contributed by atoms with E-state index in [9.17, 15) is 0 Å². The Kier molecular flexibility index (Phi) is 4.76. The number of nitrogens with one attached hydrogen (secondary N) is 1. The van der Waals surface area contributed by atoms with Crippen molar-refractivity contribution >= 4 is 27.4 Å². The number of aromatic nitrogens is 2. The van der Waals surface area contributed by atoms with E-state index in [-0.39, 0.29) is 0 Å². The summed E-state index contributed by atoms with van der Waals surface area (Å²) in [6.07, 6.45) is 11.4. The molecule has 2 aliphatic rings. The van der Waals surface area contributed by atoms with Crippen molar-refractivity contribution in [3.63, 3.8) is 0 Å². The molecule has 1 aliphatic heterocycles. The van der Waals surface area contributed by atoms with E-state index in [1.807, 2.05) is 0 Å². The summed E-state index contributed by atoms with van der Waals surface area (Å²) in [6.45, 7) is 3.78. The van der Waals surface area contributed by atoms with Crippen LogP contribution in [0.3, 0.4) is 0 Å². The molecule has 4 nitrogen and oxygen atoms in total. The number of anilines is 1. The molecule has 124 valence electrons. The first-order valence-electron chi connectivity index (χ1n) is 9.05. The lowest BCUT2D eigenvalue weighted by atomic mass is 9.88. The molecule has 1 aliphatic carbocycles. The quantitative estimate of drug-likeness (QED) is 0.914. The Morgan fingerprint density at radius 3 is 2.74 bits per heavy atom. The van der Waals surface area contributed by atoms with Gasteiger partial charge in [-0.2, -0.15) is 0 Å². The van der Waals surface area contributed by atoms with Crippen LogP contribution in [0, 0.1) is 5.92 Å². The summed E-state index contributed by atoms with van der Waals surface area (Å²) >= 11 is 1.68. The minimum Gasteiger partial charge on any atom is -0.367 e. The summed E-state index contributed by atoms with van der Waals surface area (Å²) < 4.78 is 0. The Hall–Kier alpha value is -1.20. The summed E-state index contributed by atoms with van der Waals surface area (Å²) in [5.41, 5.74) is 0. The monoisotopic (exact) mass is 330 g/mol. The standard InChI is InChI=1S/C18H26N4S/c1-2-4-14(5-3-1)12-22-9-6-15(7-10-22)21-17-16-8-11-23-18(16)20-13-19-17/h8,11,13-15H,1-7,9-10,12H2,(H,19,20,21). The number of piperidine rings is 1. The number of hydrogen-bond acceptors (Lipinski definition) is 5. The molecule has 0 aromatic carbocycles. The number of hydrogen-bond donors (Lipinski definition) is 1. The van der Waals surface area contributed by atoms with Gasteiger partial charge < -0.3 is 10.2 Å². The zero-order valence-electron chi connectivity index (χ0n) is 13.7. The fourth-order valence-corrected chi connectivity index (χ4v) is 4.83. The van der Waals surface area contributed by atoms with Crippen LogP contribution in [0.25, 0.3) is 10.2 Å². The molecule has 0 amide bonds. The van der Waals surface area contributed by atoms with Crippen LogP contribution in [0.5, 0.6) is 0 Å². The zero-order valence-corrected chi connectivity index (χ0v) is 14.5. The third kappa shape index (κ3) is 3.66. The second kappa shape index (κ2) is 7.14. The Labute approximate surface area is 142 Å². The highest BCUT2D eigenvalue weighted by molar-refractivity contribution is 7.16. The molecule has 5 heteroatoms. The highest BCUT2D eigenvalue weighted by Crippen LogP contribution is 2.27. The van der Waals surface area contributed by atoms with Gasteiger partial charge in [-0.3, -0.25) is 0 Å². The van der Waals surface area contributed by atoms with Gasteiger partial charge in [0.15, 0.2) is 0 Å². The molecule has 3 heterocycles. The van der Waals surface area contributed by atoms with E-state index in [4.69, 9.17) is 0 Å². The fourth-order valence-electron chi connectivity index (χ4n) is 4.09. The molecule has 1 N–H and O–H groups in total. The van der Waals surface area contributed by atoms with Crippen LogP contribution in [-0.4, -0.2) is 40.5 Å². The molecule has 23 heavy (non-hydrogen) atoms. The normalized spacial score (nSPS) is 21.7. The van der Waals surface area contributed by atoms with E-state index in [2.05, 4.69) is 31.6 Å². The average Bonchev–Trinajstić information content (AvgIpc) is 3.07. The maximum atomic E-state index is 4.46. The number of nitrogens with zero attached hydrogens (tertiary/aromatic N) is 3.